The van der Waals surface area contributed by atoms with Gasteiger partial charge in [-0.05, 0) is 13.0 Å². The molecule has 2 aromatic rings. The normalized spacial score (nSPS) is 10.2. The molecule has 0 aliphatic carbocycles. The first-order chi connectivity index (χ1) is 8.08. The molecule has 0 aromatic carbocycles. The summed E-state index contributed by atoms with van der Waals surface area (Å²) in [7, 11) is 1.72. The van der Waals surface area contributed by atoms with Gasteiger partial charge in [0.1, 0.15) is 5.56 Å². The fourth-order valence-electron chi connectivity index (χ4n) is 1.43. The second kappa shape index (κ2) is 4.25. The van der Waals surface area contributed by atoms with Crippen molar-refractivity contribution in [3.63, 3.8) is 0 Å². The molecule has 0 radical (unpaired) electrons. The van der Waals surface area contributed by atoms with Gasteiger partial charge < -0.3 is 9.84 Å². The molecule has 0 amide bonds. The third kappa shape index (κ3) is 2.25. The van der Waals surface area contributed by atoms with Crippen molar-refractivity contribution in [1.29, 1.82) is 0 Å². The Morgan fingerprint density at radius 1 is 1.53 bits per heavy atom. The number of carboxylic acid groups (broad SMARTS) is 1. The summed E-state index contributed by atoms with van der Waals surface area (Å²) in [6.07, 6.45) is 2.77. The lowest BCUT2D eigenvalue weighted by Crippen LogP contribution is -2.02. The summed E-state index contributed by atoms with van der Waals surface area (Å²) in [5.41, 5.74) is 0.863. The molecule has 0 spiro atoms. The van der Waals surface area contributed by atoms with Crippen LogP contribution in [0, 0.1) is 6.92 Å². The van der Waals surface area contributed by atoms with E-state index in [1.54, 1.807) is 13.1 Å². The Labute approximate surface area is 97.5 Å². The van der Waals surface area contributed by atoms with Crippen LogP contribution in [0.25, 0.3) is 0 Å². The average Bonchev–Trinajstić information content (AvgIpc) is 2.58. The van der Waals surface area contributed by atoms with Crippen LogP contribution in [0.1, 0.15) is 16.1 Å². The number of ether oxygens (including phenoxy) is 1. The minimum absolute atomic E-state index is 0.0684. The maximum absolute atomic E-state index is 11.0. The van der Waals surface area contributed by atoms with Gasteiger partial charge in [-0.15, -0.1) is 0 Å². The first-order valence-electron chi connectivity index (χ1n) is 4.93. The van der Waals surface area contributed by atoms with E-state index in [2.05, 4.69) is 10.1 Å². The van der Waals surface area contributed by atoms with Crippen LogP contribution < -0.4 is 4.74 Å². The topological polar surface area (TPSA) is 77.2 Å². The molecular formula is C11H11N3O3. The SMILES string of the molecule is Cc1cc(Oc2cnccc2C(=O)O)n(C)n1. The number of pyridine rings is 1. The van der Waals surface area contributed by atoms with Crippen molar-refractivity contribution in [2.24, 2.45) is 7.05 Å². The Bertz CT molecular complexity index is 563. The minimum atomic E-state index is -1.05. The number of rotatable bonds is 3. The summed E-state index contributed by atoms with van der Waals surface area (Å²) in [6, 6.07) is 3.11. The van der Waals surface area contributed by atoms with Gasteiger partial charge in [0.25, 0.3) is 0 Å². The average molecular weight is 233 g/mol. The highest BCUT2D eigenvalue weighted by Gasteiger charge is 2.13. The van der Waals surface area contributed by atoms with E-state index in [9.17, 15) is 4.79 Å². The van der Waals surface area contributed by atoms with Crippen molar-refractivity contribution in [2.75, 3.05) is 0 Å². The van der Waals surface area contributed by atoms with Crippen LogP contribution in [0.3, 0.4) is 0 Å². The predicted octanol–water partition coefficient (Wildman–Crippen LogP) is 1.61. The van der Waals surface area contributed by atoms with Crippen molar-refractivity contribution in [1.82, 2.24) is 14.8 Å². The number of nitrogens with zero attached hydrogens (tertiary/aromatic N) is 3. The number of aromatic carboxylic acids is 1. The molecule has 17 heavy (non-hydrogen) atoms. The second-order valence-electron chi connectivity index (χ2n) is 3.53. The van der Waals surface area contributed by atoms with Gasteiger partial charge in [-0.3, -0.25) is 4.98 Å². The molecule has 0 aliphatic heterocycles. The van der Waals surface area contributed by atoms with E-state index in [1.165, 1.54) is 23.1 Å². The molecule has 2 rings (SSSR count). The number of carboxylic acids is 1. The molecule has 2 aromatic heterocycles. The molecule has 6 nitrogen and oxygen atoms in total. The van der Waals surface area contributed by atoms with Crippen LogP contribution in [0.5, 0.6) is 11.6 Å². The van der Waals surface area contributed by atoms with Crippen LogP contribution >= 0.6 is 0 Å². The van der Waals surface area contributed by atoms with Gasteiger partial charge in [0.15, 0.2) is 5.75 Å². The number of aromatic nitrogens is 3. The van der Waals surface area contributed by atoms with E-state index in [4.69, 9.17) is 9.84 Å². The van der Waals surface area contributed by atoms with E-state index < -0.39 is 5.97 Å². The number of aryl methyl sites for hydroxylation is 2. The Hall–Kier alpha value is -2.37. The molecule has 0 bridgehead atoms. The lowest BCUT2D eigenvalue weighted by atomic mass is 10.2. The van der Waals surface area contributed by atoms with Gasteiger partial charge in [-0.25, -0.2) is 9.48 Å². The van der Waals surface area contributed by atoms with Crippen LogP contribution in [-0.2, 0) is 7.05 Å². The monoisotopic (exact) mass is 233 g/mol. The summed E-state index contributed by atoms with van der Waals surface area (Å²) < 4.78 is 7.02. The summed E-state index contributed by atoms with van der Waals surface area (Å²) in [5.74, 6) is -0.387. The standard InChI is InChI=1S/C11H11N3O3/c1-7-5-10(14(2)13-7)17-9-6-12-4-3-8(9)11(15)16/h3-6H,1-2H3,(H,15,16). The number of hydrogen-bond acceptors (Lipinski definition) is 4. The predicted molar refractivity (Wildman–Crippen MR) is 59.2 cm³/mol. The highest BCUT2D eigenvalue weighted by molar-refractivity contribution is 5.90. The molecule has 2 heterocycles. The Kier molecular flexibility index (Phi) is 2.78. The fourth-order valence-corrected chi connectivity index (χ4v) is 1.43. The largest absolute Gasteiger partial charge is 0.478 e. The molecule has 88 valence electrons. The van der Waals surface area contributed by atoms with Crippen molar-refractivity contribution >= 4 is 5.97 Å². The summed E-state index contributed by atoms with van der Waals surface area (Å²) in [6.45, 7) is 1.83. The van der Waals surface area contributed by atoms with Gasteiger partial charge in [0.05, 0.1) is 11.9 Å². The van der Waals surface area contributed by atoms with Gasteiger partial charge in [0, 0.05) is 19.3 Å². The van der Waals surface area contributed by atoms with E-state index in [1.807, 2.05) is 6.92 Å². The Morgan fingerprint density at radius 3 is 2.88 bits per heavy atom. The van der Waals surface area contributed by atoms with Gasteiger partial charge in [0.2, 0.25) is 5.88 Å². The Balaban J connectivity index is 2.36. The fraction of sp³-hybridized carbons (Fsp3) is 0.182. The smallest absolute Gasteiger partial charge is 0.339 e. The first kappa shape index (κ1) is 11.1. The summed E-state index contributed by atoms with van der Waals surface area (Å²) in [4.78, 5) is 14.8. The molecule has 0 atom stereocenters. The van der Waals surface area contributed by atoms with Crippen molar-refractivity contribution in [3.05, 3.63) is 35.8 Å². The first-order valence-corrected chi connectivity index (χ1v) is 4.93. The number of carbonyl (C=O) groups is 1. The molecule has 0 unspecified atom stereocenters. The van der Waals surface area contributed by atoms with Crippen LogP contribution in [0.15, 0.2) is 24.5 Å². The third-order valence-electron chi connectivity index (χ3n) is 2.19. The van der Waals surface area contributed by atoms with Gasteiger partial charge >= 0.3 is 5.97 Å². The third-order valence-corrected chi connectivity index (χ3v) is 2.19. The maximum atomic E-state index is 11.0. The number of hydrogen-bond donors (Lipinski definition) is 1. The van der Waals surface area contributed by atoms with E-state index in [-0.39, 0.29) is 11.3 Å². The highest BCUT2D eigenvalue weighted by atomic mass is 16.5. The zero-order chi connectivity index (χ0) is 12.4. The van der Waals surface area contributed by atoms with Gasteiger partial charge in [-0.2, -0.15) is 5.10 Å². The molecule has 0 fully saturated rings. The van der Waals surface area contributed by atoms with Crippen LogP contribution in [0.2, 0.25) is 0 Å². The van der Waals surface area contributed by atoms with E-state index >= 15 is 0 Å². The van der Waals surface area contributed by atoms with Crippen molar-refractivity contribution in [2.45, 2.75) is 6.92 Å². The van der Waals surface area contributed by atoms with Crippen LogP contribution in [0.4, 0.5) is 0 Å². The zero-order valence-electron chi connectivity index (χ0n) is 9.41. The maximum Gasteiger partial charge on any atom is 0.339 e. The van der Waals surface area contributed by atoms with E-state index in [0.717, 1.165) is 5.69 Å². The second-order valence-corrected chi connectivity index (χ2v) is 3.53. The van der Waals surface area contributed by atoms with Gasteiger partial charge in [-0.1, -0.05) is 0 Å². The minimum Gasteiger partial charge on any atom is -0.478 e. The molecule has 0 saturated carbocycles. The quantitative estimate of drug-likeness (QED) is 0.871. The zero-order valence-corrected chi connectivity index (χ0v) is 9.41. The Morgan fingerprint density at radius 2 is 2.29 bits per heavy atom. The summed E-state index contributed by atoms with van der Waals surface area (Å²) in [5, 5.41) is 13.1. The van der Waals surface area contributed by atoms with Crippen molar-refractivity contribution in [3.8, 4) is 11.6 Å². The molecule has 0 saturated heterocycles. The molecule has 1 N–H and O–H groups in total. The van der Waals surface area contributed by atoms with Crippen LogP contribution in [-0.4, -0.2) is 25.8 Å². The molecule has 0 aliphatic rings. The highest BCUT2D eigenvalue weighted by Crippen LogP contribution is 2.24. The summed E-state index contributed by atoms with van der Waals surface area (Å²) >= 11 is 0. The molecular weight excluding hydrogens is 222 g/mol. The van der Waals surface area contributed by atoms with E-state index in [0.29, 0.717) is 5.88 Å². The molecule has 6 heteroatoms. The lowest BCUT2D eigenvalue weighted by molar-refractivity contribution is 0.0694. The van der Waals surface area contributed by atoms with Crippen molar-refractivity contribution < 1.29 is 14.6 Å². The lowest BCUT2D eigenvalue weighted by Gasteiger charge is -2.07.